The fraction of sp³-hybridized carbons (Fsp3) is 0.778. The van der Waals surface area contributed by atoms with Gasteiger partial charge in [-0.05, 0) is 24.7 Å². The van der Waals surface area contributed by atoms with E-state index in [4.69, 9.17) is 10.3 Å². The van der Waals surface area contributed by atoms with Gasteiger partial charge in [-0.3, -0.25) is 0 Å². The molecule has 1 fully saturated rings. The SMILES string of the molecule is CC1(C)CC1C(C)(N)c1ncon1. The molecule has 0 bridgehead atoms. The lowest BCUT2D eigenvalue weighted by Gasteiger charge is -2.22. The van der Waals surface area contributed by atoms with E-state index in [2.05, 4.69) is 24.0 Å². The third-order valence-corrected chi connectivity index (χ3v) is 3.08. The van der Waals surface area contributed by atoms with Gasteiger partial charge in [0, 0.05) is 0 Å². The minimum atomic E-state index is -0.448. The van der Waals surface area contributed by atoms with Crippen molar-refractivity contribution in [2.24, 2.45) is 17.1 Å². The predicted octanol–water partition coefficient (Wildman–Crippen LogP) is 1.29. The summed E-state index contributed by atoms with van der Waals surface area (Å²) in [5.74, 6) is 1.07. The normalized spacial score (nSPS) is 29.7. The maximum Gasteiger partial charge on any atom is 0.213 e. The monoisotopic (exact) mass is 181 g/mol. The quantitative estimate of drug-likeness (QED) is 0.746. The molecule has 2 atom stereocenters. The third-order valence-electron chi connectivity index (χ3n) is 3.08. The number of aromatic nitrogens is 2. The average Bonchev–Trinajstić information content (AvgIpc) is 2.56. The first kappa shape index (κ1) is 8.69. The van der Waals surface area contributed by atoms with Crippen LogP contribution in [-0.2, 0) is 5.54 Å². The largest absolute Gasteiger partial charge is 0.343 e. The predicted molar refractivity (Wildman–Crippen MR) is 47.7 cm³/mol. The van der Waals surface area contributed by atoms with E-state index in [9.17, 15) is 0 Å². The van der Waals surface area contributed by atoms with E-state index in [0.29, 0.717) is 17.2 Å². The number of nitrogens with zero attached hydrogens (tertiary/aromatic N) is 2. The van der Waals surface area contributed by atoms with Crippen LogP contribution in [-0.4, -0.2) is 10.1 Å². The van der Waals surface area contributed by atoms with Crippen LogP contribution in [0.3, 0.4) is 0 Å². The first-order chi connectivity index (χ1) is 5.94. The van der Waals surface area contributed by atoms with E-state index in [1.807, 2.05) is 6.92 Å². The maximum atomic E-state index is 6.18. The number of hydrogen-bond donors (Lipinski definition) is 1. The van der Waals surface area contributed by atoms with Gasteiger partial charge in [-0.1, -0.05) is 19.0 Å². The first-order valence-electron chi connectivity index (χ1n) is 4.50. The average molecular weight is 181 g/mol. The Morgan fingerprint density at radius 2 is 2.31 bits per heavy atom. The summed E-state index contributed by atoms with van der Waals surface area (Å²) >= 11 is 0. The highest BCUT2D eigenvalue weighted by Crippen LogP contribution is 2.58. The topological polar surface area (TPSA) is 64.9 Å². The Labute approximate surface area is 77.5 Å². The Bertz CT molecular complexity index is 303. The molecule has 72 valence electrons. The molecule has 4 heteroatoms. The molecule has 13 heavy (non-hydrogen) atoms. The summed E-state index contributed by atoms with van der Waals surface area (Å²) < 4.78 is 4.71. The zero-order valence-corrected chi connectivity index (χ0v) is 8.24. The minimum Gasteiger partial charge on any atom is -0.343 e. The summed E-state index contributed by atoms with van der Waals surface area (Å²) in [6.45, 7) is 6.39. The van der Waals surface area contributed by atoms with Gasteiger partial charge >= 0.3 is 0 Å². The molecular weight excluding hydrogens is 166 g/mol. The molecule has 0 saturated heterocycles. The van der Waals surface area contributed by atoms with E-state index in [-0.39, 0.29) is 0 Å². The number of rotatable bonds is 2. The zero-order chi connectivity index (χ0) is 9.69. The molecule has 1 aliphatic carbocycles. The van der Waals surface area contributed by atoms with Gasteiger partial charge in [0.25, 0.3) is 0 Å². The first-order valence-corrected chi connectivity index (χ1v) is 4.50. The van der Waals surface area contributed by atoms with Crippen LogP contribution >= 0.6 is 0 Å². The molecule has 0 aromatic carbocycles. The molecule has 1 saturated carbocycles. The second-order valence-electron chi connectivity index (χ2n) is 4.78. The highest BCUT2D eigenvalue weighted by molar-refractivity contribution is 5.14. The second kappa shape index (κ2) is 2.32. The molecule has 1 heterocycles. The molecule has 4 nitrogen and oxygen atoms in total. The Morgan fingerprint density at radius 3 is 2.69 bits per heavy atom. The van der Waals surface area contributed by atoms with Gasteiger partial charge in [-0.15, -0.1) is 0 Å². The zero-order valence-electron chi connectivity index (χ0n) is 8.24. The summed E-state index contributed by atoms with van der Waals surface area (Å²) in [6.07, 6.45) is 2.46. The van der Waals surface area contributed by atoms with Crippen molar-refractivity contribution >= 4 is 0 Å². The molecular formula is C9H15N3O. The molecule has 2 rings (SSSR count). The van der Waals surface area contributed by atoms with Gasteiger partial charge in [-0.25, -0.2) is 0 Å². The highest BCUT2D eigenvalue weighted by Gasteiger charge is 2.56. The van der Waals surface area contributed by atoms with Crippen LogP contribution in [0.5, 0.6) is 0 Å². The van der Waals surface area contributed by atoms with Gasteiger partial charge in [0.1, 0.15) is 0 Å². The smallest absolute Gasteiger partial charge is 0.213 e. The van der Waals surface area contributed by atoms with Gasteiger partial charge in [0.2, 0.25) is 6.39 Å². The Hall–Kier alpha value is -0.900. The van der Waals surface area contributed by atoms with Crippen molar-refractivity contribution in [1.29, 1.82) is 0 Å². The Balaban J connectivity index is 2.23. The van der Waals surface area contributed by atoms with Gasteiger partial charge in [0.15, 0.2) is 5.82 Å². The lowest BCUT2D eigenvalue weighted by Crippen LogP contribution is -2.38. The second-order valence-corrected chi connectivity index (χ2v) is 4.78. The fourth-order valence-electron chi connectivity index (χ4n) is 2.05. The third kappa shape index (κ3) is 1.25. The lowest BCUT2D eigenvalue weighted by atomic mass is 9.91. The summed E-state index contributed by atoms with van der Waals surface area (Å²) in [5.41, 5.74) is 6.05. The summed E-state index contributed by atoms with van der Waals surface area (Å²) in [4.78, 5) is 4.01. The van der Waals surface area contributed by atoms with E-state index in [0.717, 1.165) is 6.42 Å². The summed E-state index contributed by atoms with van der Waals surface area (Å²) in [5, 5.41) is 3.80. The summed E-state index contributed by atoms with van der Waals surface area (Å²) in [6, 6.07) is 0. The highest BCUT2D eigenvalue weighted by atomic mass is 16.5. The van der Waals surface area contributed by atoms with E-state index < -0.39 is 5.54 Å². The van der Waals surface area contributed by atoms with Crippen LogP contribution in [0.1, 0.15) is 33.0 Å². The minimum absolute atomic E-state index is 0.324. The van der Waals surface area contributed by atoms with E-state index in [1.54, 1.807) is 0 Å². The van der Waals surface area contributed by atoms with Crippen LogP contribution in [0, 0.1) is 11.3 Å². The Morgan fingerprint density at radius 1 is 1.69 bits per heavy atom. The molecule has 0 amide bonds. The molecule has 1 aliphatic rings. The van der Waals surface area contributed by atoms with Gasteiger partial charge in [0.05, 0.1) is 5.54 Å². The standard InChI is InChI=1S/C9H15N3O/c1-8(2)4-6(8)9(3,10)7-11-5-13-12-7/h5-6H,4,10H2,1-3H3. The fourth-order valence-corrected chi connectivity index (χ4v) is 2.05. The van der Waals surface area contributed by atoms with Gasteiger partial charge in [-0.2, -0.15) is 4.98 Å². The molecule has 0 spiro atoms. The molecule has 1 aromatic heterocycles. The number of hydrogen-bond acceptors (Lipinski definition) is 4. The van der Waals surface area contributed by atoms with E-state index >= 15 is 0 Å². The van der Waals surface area contributed by atoms with Crippen LogP contribution in [0.25, 0.3) is 0 Å². The maximum absolute atomic E-state index is 6.18. The summed E-state index contributed by atoms with van der Waals surface area (Å²) in [7, 11) is 0. The molecule has 2 N–H and O–H groups in total. The van der Waals surface area contributed by atoms with Crippen molar-refractivity contribution in [3.8, 4) is 0 Å². The molecule has 0 aliphatic heterocycles. The van der Waals surface area contributed by atoms with Crippen LogP contribution in [0.15, 0.2) is 10.9 Å². The molecule has 1 aromatic rings. The van der Waals surface area contributed by atoms with Crippen molar-refractivity contribution < 1.29 is 4.52 Å². The van der Waals surface area contributed by atoms with Crippen molar-refractivity contribution in [1.82, 2.24) is 10.1 Å². The van der Waals surface area contributed by atoms with Crippen molar-refractivity contribution in [2.75, 3.05) is 0 Å². The van der Waals surface area contributed by atoms with Crippen molar-refractivity contribution in [2.45, 2.75) is 32.7 Å². The molecule has 2 unspecified atom stereocenters. The lowest BCUT2D eigenvalue weighted by molar-refractivity contribution is 0.321. The number of nitrogens with two attached hydrogens (primary N) is 1. The van der Waals surface area contributed by atoms with Crippen LogP contribution in [0.4, 0.5) is 0 Å². The van der Waals surface area contributed by atoms with Crippen LogP contribution < -0.4 is 5.73 Å². The van der Waals surface area contributed by atoms with Crippen molar-refractivity contribution in [3.63, 3.8) is 0 Å². The Kier molecular flexibility index (Phi) is 1.55. The van der Waals surface area contributed by atoms with Crippen molar-refractivity contribution in [3.05, 3.63) is 12.2 Å². The van der Waals surface area contributed by atoms with Crippen LogP contribution in [0.2, 0.25) is 0 Å². The van der Waals surface area contributed by atoms with E-state index in [1.165, 1.54) is 6.39 Å². The molecule has 0 radical (unpaired) electrons. The van der Waals surface area contributed by atoms with Gasteiger partial charge < -0.3 is 10.3 Å².